The number of carbonyl (C=O) groups is 1. The van der Waals surface area contributed by atoms with E-state index >= 15 is 0 Å². The van der Waals surface area contributed by atoms with E-state index in [1.165, 1.54) is 6.42 Å². The van der Waals surface area contributed by atoms with Crippen LogP contribution in [0.2, 0.25) is 0 Å². The normalized spacial score (nSPS) is 23.6. The summed E-state index contributed by atoms with van der Waals surface area (Å²) < 4.78 is 0. The van der Waals surface area contributed by atoms with Gasteiger partial charge in [-0.2, -0.15) is 0 Å². The minimum atomic E-state index is 0.166. The van der Waals surface area contributed by atoms with Crippen LogP contribution < -0.4 is 5.32 Å². The second-order valence-electron chi connectivity index (χ2n) is 6.66. The zero-order valence-corrected chi connectivity index (χ0v) is 13.1. The minimum absolute atomic E-state index is 0.166. The van der Waals surface area contributed by atoms with Crippen molar-refractivity contribution in [1.29, 1.82) is 0 Å². The van der Waals surface area contributed by atoms with Crippen LogP contribution in [0.15, 0.2) is 48.8 Å². The minimum Gasteiger partial charge on any atom is -0.338 e. The number of hydrogen-bond acceptors (Lipinski definition) is 3. The number of pyridine rings is 1. The van der Waals surface area contributed by atoms with Crippen molar-refractivity contribution >= 4 is 5.91 Å². The number of rotatable bonds is 2. The standard InChI is InChI=1S/C19H21N3O/c23-19(22-12-14-8-15(13-22)10-21-9-14)17-5-3-16(4-6-17)18-2-1-7-20-11-18/h1-7,11,14-15,21H,8-10,12-13H2/t14-,15+. The highest BCUT2D eigenvalue weighted by Crippen LogP contribution is 2.26. The van der Waals surface area contributed by atoms with Crippen LogP contribution in [0.25, 0.3) is 11.1 Å². The van der Waals surface area contributed by atoms with Crippen LogP contribution in [0.3, 0.4) is 0 Å². The smallest absolute Gasteiger partial charge is 0.253 e. The molecule has 0 saturated carbocycles. The van der Waals surface area contributed by atoms with Gasteiger partial charge >= 0.3 is 0 Å². The summed E-state index contributed by atoms with van der Waals surface area (Å²) >= 11 is 0. The molecule has 23 heavy (non-hydrogen) atoms. The Kier molecular flexibility index (Phi) is 3.83. The monoisotopic (exact) mass is 307 g/mol. The van der Waals surface area contributed by atoms with Crippen molar-refractivity contribution in [2.45, 2.75) is 6.42 Å². The second kappa shape index (κ2) is 6.13. The summed E-state index contributed by atoms with van der Waals surface area (Å²) in [7, 11) is 0. The molecule has 2 atom stereocenters. The molecule has 2 aliphatic heterocycles. The first kappa shape index (κ1) is 14.4. The fourth-order valence-corrected chi connectivity index (χ4v) is 3.79. The summed E-state index contributed by atoms with van der Waals surface area (Å²) in [4.78, 5) is 19.0. The van der Waals surface area contributed by atoms with Crippen LogP contribution >= 0.6 is 0 Å². The van der Waals surface area contributed by atoms with Crippen LogP contribution in [0.4, 0.5) is 0 Å². The van der Waals surface area contributed by atoms with E-state index in [-0.39, 0.29) is 5.91 Å². The number of aromatic nitrogens is 1. The van der Waals surface area contributed by atoms with Gasteiger partial charge in [0.25, 0.3) is 5.91 Å². The molecule has 1 aromatic heterocycles. The molecule has 4 nitrogen and oxygen atoms in total. The third-order valence-electron chi connectivity index (χ3n) is 4.90. The maximum atomic E-state index is 12.8. The van der Waals surface area contributed by atoms with Gasteiger partial charge in [0, 0.05) is 31.0 Å². The van der Waals surface area contributed by atoms with Crippen LogP contribution in [-0.2, 0) is 0 Å². The molecule has 4 heteroatoms. The number of hydrogen-bond donors (Lipinski definition) is 1. The zero-order valence-electron chi connectivity index (χ0n) is 13.1. The van der Waals surface area contributed by atoms with Gasteiger partial charge in [-0.3, -0.25) is 9.78 Å². The fraction of sp³-hybridized carbons (Fsp3) is 0.368. The summed E-state index contributed by atoms with van der Waals surface area (Å²) in [6.07, 6.45) is 4.87. The van der Waals surface area contributed by atoms with Crippen molar-refractivity contribution in [3.8, 4) is 11.1 Å². The summed E-state index contributed by atoms with van der Waals surface area (Å²) in [6, 6.07) is 11.9. The van der Waals surface area contributed by atoms with E-state index in [1.54, 1.807) is 6.20 Å². The number of fused-ring (bicyclic) bond motifs is 2. The number of piperidine rings is 2. The molecule has 3 heterocycles. The Morgan fingerprint density at radius 1 is 1.04 bits per heavy atom. The van der Waals surface area contributed by atoms with Crippen LogP contribution in [0, 0.1) is 11.8 Å². The summed E-state index contributed by atoms with van der Waals surface area (Å²) in [5.74, 6) is 1.39. The number of carbonyl (C=O) groups excluding carboxylic acids is 1. The lowest BCUT2D eigenvalue weighted by molar-refractivity contribution is 0.0538. The molecular weight excluding hydrogens is 286 g/mol. The summed E-state index contributed by atoms with van der Waals surface area (Å²) in [5.41, 5.74) is 2.95. The van der Waals surface area contributed by atoms with E-state index in [0.717, 1.165) is 42.9 Å². The fourth-order valence-electron chi connectivity index (χ4n) is 3.79. The maximum absolute atomic E-state index is 12.8. The molecule has 2 aliphatic rings. The molecule has 2 saturated heterocycles. The first-order valence-electron chi connectivity index (χ1n) is 8.30. The highest BCUT2D eigenvalue weighted by molar-refractivity contribution is 5.94. The second-order valence-corrected chi connectivity index (χ2v) is 6.66. The Morgan fingerprint density at radius 2 is 1.78 bits per heavy atom. The highest BCUT2D eigenvalue weighted by Gasteiger charge is 2.32. The van der Waals surface area contributed by atoms with E-state index < -0.39 is 0 Å². The molecule has 4 rings (SSSR count). The van der Waals surface area contributed by atoms with Crippen molar-refractivity contribution in [2.75, 3.05) is 26.2 Å². The van der Waals surface area contributed by atoms with Crippen LogP contribution in [-0.4, -0.2) is 42.0 Å². The lowest BCUT2D eigenvalue weighted by atomic mass is 9.85. The van der Waals surface area contributed by atoms with Gasteiger partial charge in [0.2, 0.25) is 0 Å². The molecule has 0 unspecified atom stereocenters. The van der Waals surface area contributed by atoms with E-state index in [4.69, 9.17) is 0 Å². The number of nitrogens with one attached hydrogen (secondary N) is 1. The van der Waals surface area contributed by atoms with Gasteiger partial charge in [0.15, 0.2) is 0 Å². The van der Waals surface area contributed by atoms with Crippen LogP contribution in [0.1, 0.15) is 16.8 Å². The van der Waals surface area contributed by atoms with E-state index in [9.17, 15) is 4.79 Å². The zero-order chi connectivity index (χ0) is 15.6. The summed E-state index contributed by atoms with van der Waals surface area (Å²) in [6.45, 7) is 3.85. The molecule has 1 aromatic carbocycles. The average Bonchev–Trinajstić information content (AvgIpc) is 2.62. The van der Waals surface area contributed by atoms with Gasteiger partial charge < -0.3 is 10.2 Å². The third kappa shape index (κ3) is 2.99. The summed E-state index contributed by atoms with van der Waals surface area (Å²) in [5, 5.41) is 3.47. The van der Waals surface area contributed by atoms with Crippen molar-refractivity contribution < 1.29 is 4.79 Å². The molecule has 0 radical (unpaired) electrons. The average molecular weight is 307 g/mol. The molecule has 118 valence electrons. The number of likely N-dealkylation sites (tertiary alicyclic amines) is 1. The quantitative estimate of drug-likeness (QED) is 0.927. The van der Waals surface area contributed by atoms with Gasteiger partial charge in [0.05, 0.1) is 0 Å². The third-order valence-corrected chi connectivity index (χ3v) is 4.90. The largest absolute Gasteiger partial charge is 0.338 e. The first-order valence-corrected chi connectivity index (χ1v) is 8.30. The molecule has 2 aromatic rings. The van der Waals surface area contributed by atoms with Crippen LogP contribution in [0.5, 0.6) is 0 Å². The van der Waals surface area contributed by atoms with Gasteiger partial charge in [0.1, 0.15) is 0 Å². The Hall–Kier alpha value is -2.20. The predicted molar refractivity (Wildman–Crippen MR) is 90.0 cm³/mol. The molecule has 1 N–H and O–H groups in total. The Morgan fingerprint density at radius 3 is 2.43 bits per heavy atom. The Bertz CT molecular complexity index is 672. The van der Waals surface area contributed by atoms with Gasteiger partial charge in [-0.05, 0) is 60.7 Å². The number of amides is 1. The molecule has 0 spiro atoms. The lowest BCUT2D eigenvalue weighted by Crippen LogP contribution is -2.52. The first-order chi connectivity index (χ1) is 11.3. The topological polar surface area (TPSA) is 45.2 Å². The highest BCUT2D eigenvalue weighted by atomic mass is 16.2. The molecule has 1 amide bonds. The molecular formula is C19H21N3O. The van der Waals surface area contributed by atoms with Crippen molar-refractivity contribution in [1.82, 2.24) is 15.2 Å². The number of nitrogens with zero attached hydrogens (tertiary/aromatic N) is 2. The lowest BCUT2D eigenvalue weighted by Gasteiger charge is -2.41. The van der Waals surface area contributed by atoms with Crippen molar-refractivity contribution in [2.24, 2.45) is 11.8 Å². The van der Waals surface area contributed by atoms with Crippen molar-refractivity contribution in [3.05, 3.63) is 54.4 Å². The van der Waals surface area contributed by atoms with Crippen molar-refractivity contribution in [3.63, 3.8) is 0 Å². The van der Waals surface area contributed by atoms with E-state index in [0.29, 0.717) is 11.8 Å². The number of benzene rings is 1. The predicted octanol–water partition coefficient (Wildman–Crippen LogP) is 2.43. The van der Waals surface area contributed by atoms with Gasteiger partial charge in [-0.1, -0.05) is 18.2 Å². The van der Waals surface area contributed by atoms with Gasteiger partial charge in [-0.15, -0.1) is 0 Å². The molecule has 2 fully saturated rings. The molecule has 2 bridgehead atoms. The Labute approximate surface area is 136 Å². The van der Waals surface area contributed by atoms with E-state index in [2.05, 4.69) is 10.3 Å². The maximum Gasteiger partial charge on any atom is 0.253 e. The van der Waals surface area contributed by atoms with E-state index in [1.807, 2.05) is 47.5 Å². The molecule has 0 aliphatic carbocycles. The van der Waals surface area contributed by atoms with Gasteiger partial charge in [-0.25, -0.2) is 0 Å². The Balaban J connectivity index is 1.50. The SMILES string of the molecule is O=C(c1ccc(-c2cccnc2)cc1)N1C[C@@H]2CNC[C@@H](C2)C1.